The van der Waals surface area contributed by atoms with E-state index in [0.717, 1.165) is 0 Å². The van der Waals surface area contributed by atoms with Crippen LogP contribution >= 0.6 is 0 Å². The second kappa shape index (κ2) is 6.39. The number of carbonyl (C=O) groups excluding carboxylic acids is 1. The molecule has 0 fully saturated rings. The third kappa shape index (κ3) is 5.14. The Labute approximate surface area is 112 Å². The summed E-state index contributed by atoms with van der Waals surface area (Å²) in [5, 5.41) is 7.72. The molecule has 5 N–H and O–H groups in total. The Morgan fingerprint density at radius 1 is 1.42 bits per heavy atom. The lowest BCUT2D eigenvalue weighted by atomic mass is 10.1. The van der Waals surface area contributed by atoms with Gasteiger partial charge in [-0.2, -0.15) is 0 Å². The SMILES string of the molecule is CCOC(=O)c1cc(NCCS(N)(=O)=O)ccc1N. The van der Waals surface area contributed by atoms with Crippen molar-refractivity contribution in [2.24, 2.45) is 5.14 Å². The fourth-order valence-corrected chi connectivity index (χ4v) is 1.78. The summed E-state index contributed by atoms with van der Waals surface area (Å²) in [7, 11) is -3.52. The van der Waals surface area contributed by atoms with Gasteiger partial charge in [-0.1, -0.05) is 0 Å². The number of primary sulfonamides is 1. The third-order valence-corrected chi connectivity index (χ3v) is 3.04. The van der Waals surface area contributed by atoms with E-state index in [2.05, 4.69) is 5.32 Å². The van der Waals surface area contributed by atoms with Crippen LogP contribution in [0.15, 0.2) is 18.2 Å². The Bertz CT molecular complexity index is 557. The molecule has 1 rings (SSSR count). The van der Waals surface area contributed by atoms with Crippen LogP contribution in [0.5, 0.6) is 0 Å². The van der Waals surface area contributed by atoms with Crippen LogP contribution in [0.3, 0.4) is 0 Å². The van der Waals surface area contributed by atoms with Gasteiger partial charge < -0.3 is 15.8 Å². The van der Waals surface area contributed by atoms with Crippen molar-refractivity contribution in [2.75, 3.05) is 30.0 Å². The second-order valence-corrected chi connectivity index (χ2v) is 5.55. The zero-order valence-corrected chi connectivity index (χ0v) is 11.4. The Morgan fingerprint density at radius 3 is 2.68 bits per heavy atom. The zero-order chi connectivity index (χ0) is 14.5. The van der Waals surface area contributed by atoms with Gasteiger partial charge >= 0.3 is 5.97 Å². The molecule has 0 aliphatic rings. The molecule has 0 spiro atoms. The van der Waals surface area contributed by atoms with E-state index in [-0.39, 0.29) is 24.5 Å². The van der Waals surface area contributed by atoms with Gasteiger partial charge in [0.05, 0.1) is 17.9 Å². The second-order valence-electron chi connectivity index (χ2n) is 3.82. The minimum Gasteiger partial charge on any atom is -0.462 e. The number of carbonyl (C=O) groups is 1. The topological polar surface area (TPSA) is 125 Å². The van der Waals surface area contributed by atoms with E-state index >= 15 is 0 Å². The van der Waals surface area contributed by atoms with Crippen molar-refractivity contribution in [1.82, 2.24) is 0 Å². The van der Waals surface area contributed by atoms with Crippen molar-refractivity contribution in [1.29, 1.82) is 0 Å². The van der Waals surface area contributed by atoms with Crippen LogP contribution in [0.25, 0.3) is 0 Å². The molecular weight excluding hydrogens is 270 g/mol. The van der Waals surface area contributed by atoms with E-state index < -0.39 is 16.0 Å². The van der Waals surface area contributed by atoms with Gasteiger partial charge in [0, 0.05) is 17.9 Å². The summed E-state index contributed by atoms with van der Waals surface area (Å²) in [6.45, 7) is 2.09. The van der Waals surface area contributed by atoms with E-state index in [1.807, 2.05) is 0 Å². The fourth-order valence-electron chi connectivity index (χ4n) is 1.39. The molecule has 106 valence electrons. The molecule has 19 heavy (non-hydrogen) atoms. The number of sulfonamides is 1. The normalized spacial score (nSPS) is 11.1. The molecule has 0 saturated heterocycles. The summed E-state index contributed by atoms with van der Waals surface area (Å²) in [5.74, 6) is -0.721. The van der Waals surface area contributed by atoms with Gasteiger partial charge in [-0.15, -0.1) is 0 Å². The number of esters is 1. The highest BCUT2D eigenvalue weighted by Gasteiger charge is 2.11. The van der Waals surface area contributed by atoms with Crippen LogP contribution in [0.2, 0.25) is 0 Å². The smallest absolute Gasteiger partial charge is 0.340 e. The lowest BCUT2D eigenvalue weighted by Gasteiger charge is -2.09. The monoisotopic (exact) mass is 287 g/mol. The molecule has 1 aromatic carbocycles. The number of hydrogen-bond acceptors (Lipinski definition) is 6. The maximum absolute atomic E-state index is 11.6. The first-order chi connectivity index (χ1) is 8.83. The van der Waals surface area contributed by atoms with Gasteiger partial charge in [0.1, 0.15) is 0 Å². The molecule has 0 saturated carbocycles. The number of rotatable bonds is 6. The molecule has 0 amide bonds. The average Bonchev–Trinajstić information content (AvgIpc) is 2.30. The Kier molecular flexibility index (Phi) is 5.13. The van der Waals surface area contributed by atoms with Crippen LogP contribution in [0, 0.1) is 0 Å². The van der Waals surface area contributed by atoms with Crippen molar-refractivity contribution in [2.45, 2.75) is 6.92 Å². The number of ether oxygens (including phenoxy) is 1. The molecule has 0 radical (unpaired) electrons. The molecule has 0 aliphatic heterocycles. The van der Waals surface area contributed by atoms with Crippen LogP contribution in [-0.4, -0.2) is 33.3 Å². The maximum Gasteiger partial charge on any atom is 0.340 e. The van der Waals surface area contributed by atoms with Gasteiger partial charge in [-0.25, -0.2) is 18.4 Å². The number of benzene rings is 1. The maximum atomic E-state index is 11.6. The predicted molar refractivity (Wildman–Crippen MR) is 73.3 cm³/mol. The summed E-state index contributed by atoms with van der Waals surface area (Å²) >= 11 is 0. The van der Waals surface area contributed by atoms with Crippen LogP contribution in [0.4, 0.5) is 11.4 Å². The molecule has 0 heterocycles. The molecule has 0 aliphatic carbocycles. The highest BCUT2D eigenvalue weighted by atomic mass is 32.2. The van der Waals surface area contributed by atoms with E-state index in [4.69, 9.17) is 15.6 Å². The largest absolute Gasteiger partial charge is 0.462 e. The summed E-state index contributed by atoms with van der Waals surface area (Å²) in [4.78, 5) is 11.6. The number of nitrogen functional groups attached to an aromatic ring is 1. The lowest BCUT2D eigenvalue weighted by Crippen LogP contribution is -2.22. The highest BCUT2D eigenvalue weighted by Crippen LogP contribution is 2.18. The van der Waals surface area contributed by atoms with Crippen molar-refractivity contribution >= 4 is 27.4 Å². The minimum atomic E-state index is -3.52. The number of anilines is 2. The summed E-state index contributed by atoms with van der Waals surface area (Å²) in [6.07, 6.45) is 0. The van der Waals surface area contributed by atoms with E-state index in [0.29, 0.717) is 11.4 Å². The number of nitrogens with one attached hydrogen (secondary N) is 1. The number of nitrogens with two attached hydrogens (primary N) is 2. The van der Waals surface area contributed by atoms with Crippen molar-refractivity contribution in [3.05, 3.63) is 23.8 Å². The Morgan fingerprint density at radius 2 is 2.11 bits per heavy atom. The molecule has 1 aromatic rings. The molecule has 7 nitrogen and oxygen atoms in total. The molecule has 0 atom stereocenters. The Balaban J connectivity index is 2.76. The Hall–Kier alpha value is -1.80. The van der Waals surface area contributed by atoms with Gasteiger partial charge in [-0.3, -0.25) is 0 Å². The zero-order valence-electron chi connectivity index (χ0n) is 10.5. The highest BCUT2D eigenvalue weighted by molar-refractivity contribution is 7.89. The third-order valence-electron chi connectivity index (χ3n) is 2.26. The first-order valence-electron chi connectivity index (χ1n) is 5.64. The van der Waals surface area contributed by atoms with E-state index in [9.17, 15) is 13.2 Å². The average molecular weight is 287 g/mol. The van der Waals surface area contributed by atoms with Crippen LogP contribution in [0.1, 0.15) is 17.3 Å². The van der Waals surface area contributed by atoms with Crippen molar-refractivity contribution in [3.63, 3.8) is 0 Å². The van der Waals surface area contributed by atoms with E-state index in [1.54, 1.807) is 19.1 Å². The lowest BCUT2D eigenvalue weighted by molar-refractivity contribution is 0.0527. The molecule has 8 heteroatoms. The predicted octanol–water partition coefficient (Wildman–Crippen LogP) is 0.146. The van der Waals surface area contributed by atoms with Gasteiger partial charge in [0.2, 0.25) is 10.0 Å². The summed E-state index contributed by atoms with van der Waals surface area (Å²) in [6, 6.07) is 4.70. The molecule has 0 bridgehead atoms. The van der Waals surface area contributed by atoms with Crippen molar-refractivity contribution < 1.29 is 17.9 Å². The number of hydrogen-bond donors (Lipinski definition) is 3. The van der Waals surface area contributed by atoms with Gasteiger partial charge in [0.25, 0.3) is 0 Å². The quantitative estimate of drug-likeness (QED) is 0.505. The molecule has 0 aromatic heterocycles. The summed E-state index contributed by atoms with van der Waals surface area (Å²) < 4.78 is 26.4. The molecule has 0 unspecified atom stereocenters. The summed E-state index contributed by atoms with van der Waals surface area (Å²) in [5.41, 5.74) is 6.78. The first-order valence-corrected chi connectivity index (χ1v) is 7.36. The van der Waals surface area contributed by atoms with E-state index in [1.165, 1.54) is 6.07 Å². The van der Waals surface area contributed by atoms with Gasteiger partial charge in [-0.05, 0) is 25.1 Å². The fraction of sp³-hybridized carbons (Fsp3) is 0.364. The van der Waals surface area contributed by atoms with Crippen LogP contribution < -0.4 is 16.2 Å². The van der Waals surface area contributed by atoms with Crippen LogP contribution in [-0.2, 0) is 14.8 Å². The minimum absolute atomic E-state index is 0.144. The first kappa shape index (κ1) is 15.3. The molecular formula is C11H17N3O4S. The van der Waals surface area contributed by atoms with Gasteiger partial charge in [0.15, 0.2) is 0 Å². The van der Waals surface area contributed by atoms with Crippen molar-refractivity contribution in [3.8, 4) is 0 Å². The standard InChI is InChI=1S/C11H17N3O4S/c1-2-18-11(15)9-7-8(3-4-10(9)12)14-5-6-19(13,16)17/h3-4,7,14H,2,5-6,12H2,1H3,(H2,13,16,17).